The van der Waals surface area contributed by atoms with E-state index in [1.54, 1.807) is 0 Å². The lowest BCUT2D eigenvalue weighted by atomic mass is 10.0. The lowest BCUT2D eigenvalue weighted by Gasteiger charge is -2.36. The van der Waals surface area contributed by atoms with Crippen LogP contribution < -0.4 is 0 Å². The molecule has 3 atom stereocenters. The summed E-state index contributed by atoms with van der Waals surface area (Å²) in [7, 11) is 0. The van der Waals surface area contributed by atoms with Crippen LogP contribution in [-0.2, 0) is 0 Å². The van der Waals surface area contributed by atoms with Gasteiger partial charge in [-0.2, -0.15) is 0 Å². The standard InChI is InChI=1S/C15H25NO/c1-5-12(3)16(6-2)13(4)15(17)14-10-8-7-9-11-14/h7-13,15,17H,5-6H2,1-4H3. The van der Waals surface area contributed by atoms with Crippen LogP contribution in [0.3, 0.4) is 0 Å². The fraction of sp³-hybridized carbons (Fsp3) is 0.600. The van der Waals surface area contributed by atoms with Crippen molar-refractivity contribution in [2.75, 3.05) is 6.54 Å². The summed E-state index contributed by atoms with van der Waals surface area (Å²) in [5, 5.41) is 10.4. The fourth-order valence-electron chi connectivity index (χ4n) is 2.35. The Bertz CT molecular complexity index is 312. The minimum atomic E-state index is -0.412. The van der Waals surface area contributed by atoms with E-state index in [4.69, 9.17) is 0 Å². The third-order valence-corrected chi connectivity index (χ3v) is 3.64. The van der Waals surface area contributed by atoms with E-state index in [0.29, 0.717) is 6.04 Å². The Balaban J connectivity index is 2.77. The number of aliphatic hydroxyl groups is 1. The van der Waals surface area contributed by atoms with Gasteiger partial charge in [-0.25, -0.2) is 0 Å². The van der Waals surface area contributed by atoms with Gasteiger partial charge in [0.25, 0.3) is 0 Å². The van der Waals surface area contributed by atoms with Gasteiger partial charge in [-0.1, -0.05) is 44.2 Å². The molecule has 17 heavy (non-hydrogen) atoms. The van der Waals surface area contributed by atoms with E-state index in [-0.39, 0.29) is 6.04 Å². The molecule has 0 amide bonds. The summed E-state index contributed by atoms with van der Waals surface area (Å²) in [6.45, 7) is 9.64. The molecule has 0 radical (unpaired) electrons. The van der Waals surface area contributed by atoms with Crippen LogP contribution in [0.25, 0.3) is 0 Å². The molecule has 96 valence electrons. The molecule has 2 heteroatoms. The Labute approximate surface area is 105 Å². The molecule has 2 nitrogen and oxygen atoms in total. The number of hydrogen-bond donors (Lipinski definition) is 1. The van der Waals surface area contributed by atoms with E-state index in [1.807, 2.05) is 30.3 Å². The summed E-state index contributed by atoms with van der Waals surface area (Å²) in [5.41, 5.74) is 1.00. The van der Waals surface area contributed by atoms with Crippen LogP contribution in [-0.4, -0.2) is 28.6 Å². The molecule has 0 saturated carbocycles. The van der Waals surface area contributed by atoms with Crippen molar-refractivity contribution in [2.45, 2.75) is 52.3 Å². The molecule has 0 aliphatic carbocycles. The van der Waals surface area contributed by atoms with E-state index in [2.05, 4.69) is 32.6 Å². The molecular formula is C15H25NO. The summed E-state index contributed by atoms with van der Waals surface area (Å²) >= 11 is 0. The summed E-state index contributed by atoms with van der Waals surface area (Å²) in [5.74, 6) is 0. The highest BCUT2D eigenvalue weighted by molar-refractivity contribution is 5.18. The van der Waals surface area contributed by atoms with Crippen molar-refractivity contribution in [3.05, 3.63) is 35.9 Å². The summed E-state index contributed by atoms with van der Waals surface area (Å²) in [4.78, 5) is 2.36. The monoisotopic (exact) mass is 235 g/mol. The Kier molecular flexibility index (Phi) is 5.66. The molecule has 1 N–H and O–H groups in total. The van der Waals surface area contributed by atoms with Gasteiger partial charge in [0.05, 0.1) is 6.10 Å². The Hall–Kier alpha value is -0.860. The van der Waals surface area contributed by atoms with Crippen LogP contribution in [0, 0.1) is 0 Å². The molecule has 0 saturated heterocycles. The molecule has 1 rings (SSSR count). The molecule has 0 aliphatic heterocycles. The van der Waals surface area contributed by atoms with Crippen LogP contribution in [0.4, 0.5) is 0 Å². The van der Waals surface area contributed by atoms with Crippen LogP contribution in [0.2, 0.25) is 0 Å². The highest BCUT2D eigenvalue weighted by Gasteiger charge is 2.24. The predicted molar refractivity (Wildman–Crippen MR) is 73.0 cm³/mol. The Morgan fingerprint density at radius 2 is 1.71 bits per heavy atom. The van der Waals surface area contributed by atoms with E-state index in [1.165, 1.54) is 0 Å². The summed E-state index contributed by atoms with van der Waals surface area (Å²) in [6.07, 6.45) is 0.699. The van der Waals surface area contributed by atoms with Crippen LogP contribution >= 0.6 is 0 Å². The number of rotatable bonds is 6. The molecule has 0 spiro atoms. The maximum absolute atomic E-state index is 10.4. The second-order valence-corrected chi connectivity index (χ2v) is 4.68. The van der Waals surface area contributed by atoms with Gasteiger partial charge in [-0.05, 0) is 32.4 Å². The topological polar surface area (TPSA) is 23.5 Å². The second-order valence-electron chi connectivity index (χ2n) is 4.68. The Morgan fingerprint density at radius 1 is 1.12 bits per heavy atom. The normalized spacial score (nSPS) is 16.8. The third-order valence-electron chi connectivity index (χ3n) is 3.64. The smallest absolute Gasteiger partial charge is 0.0942 e. The largest absolute Gasteiger partial charge is 0.387 e. The predicted octanol–water partition coefficient (Wildman–Crippen LogP) is 3.23. The maximum atomic E-state index is 10.4. The van der Waals surface area contributed by atoms with Gasteiger partial charge in [0.2, 0.25) is 0 Å². The van der Waals surface area contributed by atoms with Crippen LogP contribution in [0.15, 0.2) is 30.3 Å². The van der Waals surface area contributed by atoms with Gasteiger partial charge in [0.15, 0.2) is 0 Å². The highest BCUT2D eigenvalue weighted by Crippen LogP contribution is 2.22. The first kappa shape index (κ1) is 14.2. The van der Waals surface area contributed by atoms with Crippen molar-refractivity contribution < 1.29 is 5.11 Å². The van der Waals surface area contributed by atoms with E-state index in [9.17, 15) is 5.11 Å². The molecule has 0 heterocycles. The van der Waals surface area contributed by atoms with Gasteiger partial charge < -0.3 is 5.11 Å². The number of hydrogen-bond acceptors (Lipinski definition) is 2. The first-order chi connectivity index (χ1) is 8.11. The zero-order valence-corrected chi connectivity index (χ0v) is 11.4. The average Bonchev–Trinajstić information content (AvgIpc) is 2.39. The van der Waals surface area contributed by atoms with Crippen LogP contribution in [0.1, 0.15) is 45.8 Å². The second kappa shape index (κ2) is 6.77. The SMILES string of the molecule is CCC(C)N(CC)C(C)C(O)c1ccccc1. The minimum absolute atomic E-state index is 0.150. The molecule has 1 aromatic rings. The zero-order chi connectivity index (χ0) is 12.8. The van der Waals surface area contributed by atoms with Gasteiger partial charge in [0.1, 0.15) is 0 Å². The number of nitrogens with zero attached hydrogens (tertiary/aromatic N) is 1. The maximum Gasteiger partial charge on any atom is 0.0942 e. The molecule has 3 unspecified atom stereocenters. The van der Waals surface area contributed by atoms with Gasteiger partial charge in [0, 0.05) is 12.1 Å². The lowest BCUT2D eigenvalue weighted by Crippen LogP contribution is -2.43. The zero-order valence-electron chi connectivity index (χ0n) is 11.4. The van der Waals surface area contributed by atoms with Crippen LogP contribution in [0.5, 0.6) is 0 Å². The first-order valence-electron chi connectivity index (χ1n) is 6.60. The third kappa shape index (κ3) is 3.55. The van der Waals surface area contributed by atoms with Crippen molar-refractivity contribution in [1.82, 2.24) is 4.90 Å². The van der Waals surface area contributed by atoms with Crippen molar-refractivity contribution >= 4 is 0 Å². The lowest BCUT2D eigenvalue weighted by molar-refractivity contribution is 0.0384. The van der Waals surface area contributed by atoms with Gasteiger partial charge >= 0.3 is 0 Å². The summed E-state index contributed by atoms with van der Waals surface area (Å²) < 4.78 is 0. The average molecular weight is 235 g/mol. The van der Waals surface area contributed by atoms with Gasteiger partial charge in [-0.15, -0.1) is 0 Å². The Morgan fingerprint density at radius 3 is 2.18 bits per heavy atom. The molecule has 0 aliphatic rings. The quantitative estimate of drug-likeness (QED) is 0.818. The van der Waals surface area contributed by atoms with E-state index in [0.717, 1.165) is 18.5 Å². The molecule has 0 fully saturated rings. The van der Waals surface area contributed by atoms with E-state index >= 15 is 0 Å². The number of likely N-dealkylation sites (N-methyl/N-ethyl adjacent to an activating group) is 1. The van der Waals surface area contributed by atoms with E-state index < -0.39 is 6.10 Å². The van der Waals surface area contributed by atoms with Gasteiger partial charge in [-0.3, -0.25) is 4.90 Å². The molecule has 0 aromatic heterocycles. The highest BCUT2D eigenvalue weighted by atomic mass is 16.3. The summed E-state index contributed by atoms with van der Waals surface area (Å²) in [6, 6.07) is 10.6. The molecular weight excluding hydrogens is 210 g/mol. The number of aliphatic hydroxyl groups excluding tert-OH is 1. The first-order valence-corrected chi connectivity index (χ1v) is 6.60. The van der Waals surface area contributed by atoms with Crippen molar-refractivity contribution in [2.24, 2.45) is 0 Å². The molecule has 1 aromatic carbocycles. The number of benzene rings is 1. The van der Waals surface area contributed by atoms with Crippen molar-refractivity contribution in [3.8, 4) is 0 Å². The minimum Gasteiger partial charge on any atom is -0.387 e. The molecule has 0 bridgehead atoms. The fourth-order valence-corrected chi connectivity index (χ4v) is 2.35. The van der Waals surface area contributed by atoms with Crippen molar-refractivity contribution in [1.29, 1.82) is 0 Å². The van der Waals surface area contributed by atoms with Crippen molar-refractivity contribution in [3.63, 3.8) is 0 Å².